The van der Waals surface area contributed by atoms with Gasteiger partial charge in [-0.25, -0.2) is 4.98 Å². The maximum Gasteiger partial charge on any atom is 0.262 e. The molecule has 1 unspecified atom stereocenters. The number of thiophene rings is 1. The van der Waals surface area contributed by atoms with E-state index >= 15 is 0 Å². The molecule has 0 spiro atoms. The zero-order valence-electron chi connectivity index (χ0n) is 17.1. The lowest BCUT2D eigenvalue weighted by Gasteiger charge is -2.12. The molecule has 7 nitrogen and oxygen atoms in total. The molecule has 1 aliphatic heterocycles. The number of nitrogens with zero attached hydrogens (tertiary/aromatic N) is 2. The van der Waals surface area contributed by atoms with Gasteiger partial charge in [-0.05, 0) is 43.0 Å². The van der Waals surface area contributed by atoms with Crippen molar-refractivity contribution in [3.8, 4) is 5.75 Å². The van der Waals surface area contributed by atoms with Crippen molar-refractivity contribution in [2.45, 2.75) is 45.3 Å². The summed E-state index contributed by atoms with van der Waals surface area (Å²) in [6, 6.07) is 7.05. The molecule has 2 N–H and O–H groups in total. The van der Waals surface area contributed by atoms with Crippen molar-refractivity contribution in [1.82, 2.24) is 14.9 Å². The van der Waals surface area contributed by atoms with Crippen LogP contribution in [0.4, 0.5) is 0 Å². The Balaban J connectivity index is 1.55. The Morgan fingerprint density at radius 1 is 1.30 bits per heavy atom. The molecular weight excluding hydrogens is 402 g/mol. The maximum atomic E-state index is 13.0. The predicted octanol–water partition coefficient (Wildman–Crippen LogP) is 2.96. The number of benzene rings is 1. The lowest BCUT2D eigenvalue weighted by Crippen LogP contribution is -2.28. The van der Waals surface area contributed by atoms with E-state index in [1.165, 1.54) is 11.3 Å². The van der Waals surface area contributed by atoms with Crippen molar-refractivity contribution in [2.24, 2.45) is 0 Å². The Kier molecular flexibility index (Phi) is 5.87. The fourth-order valence-corrected chi connectivity index (χ4v) is 4.95. The molecular formula is C22H25N3O4S. The van der Waals surface area contributed by atoms with Gasteiger partial charge in [0.2, 0.25) is 0 Å². The number of amides is 1. The lowest BCUT2D eigenvalue weighted by atomic mass is 10.1. The first-order valence-electron chi connectivity index (χ1n) is 10.1. The van der Waals surface area contributed by atoms with E-state index in [1.807, 2.05) is 0 Å². The van der Waals surface area contributed by atoms with Gasteiger partial charge in [-0.1, -0.05) is 18.6 Å². The number of fused-ring (bicyclic) bond motifs is 2. The van der Waals surface area contributed by atoms with Crippen molar-refractivity contribution >= 4 is 27.5 Å². The van der Waals surface area contributed by atoms with Crippen molar-refractivity contribution < 1.29 is 14.6 Å². The van der Waals surface area contributed by atoms with Crippen molar-refractivity contribution in [3.63, 3.8) is 0 Å². The van der Waals surface area contributed by atoms with Gasteiger partial charge in [0.05, 0.1) is 23.5 Å². The number of carbonyl (C=O) groups excluding carboxylic acids is 1. The summed E-state index contributed by atoms with van der Waals surface area (Å²) in [5.74, 6) is 1.21. The van der Waals surface area contributed by atoms with Gasteiger partial charge in [-0.2, -0.15) is 0 Å². The molecule has 0 fully saturated rings. The van der Waals surface area contributed by atoms with E-state index in [-0.39, 0.29) is 18.0 Å². The Morgan fingerprint density at radius 2 is 2.07 bits per heavy atom. The number of ether oxygens (including phenoxy) is 1. The molecule has 0 bridgehead atoms. The first-order chi connectivity index (χ1) is 14.5. The third kappa shape index (κ3) is 3.85. The van der Waals surface area contributed by atoms with Crippen LogP contribution in [0.3, 0.4) is 0 Å². The molecule has 30 heavy (non-hydrogen) atoms. The second-order valence-corrected chi connectivity index (χ2v) is 8.53. The highest BCUT2D eigenvalue weighted by atomic mass is 32.1. The molecule has 3 heterocycles. The zero-order valence-corrected chi connectivity index (χ0v) is 17.9. The molecule has 0 radical (unpaired) electrons. The highest BCUT2D eigenvalue weighted by Gasteiger charge is 2.22. The number of hydrogen-bond acceptors (Lipinski definition) is 6. The number of nitrogens with one attached hydrogen (secondary N) is 1. The van der Waals surface area contributed by atoms with Gasteiger partial charge in [0, 0.05) is 19.5 Å². The second-order valence-electron chi connectivity index (χ2n) is 7.53. The number of aliphatic hydroxyl groups excluding tert-OH is 1. The van der Waals surface area contributed by atoms with Crippen LogP contribution in [0.15, 0.2) is 29.1 Å². The van der Waals surface area contributed by atoms with Crippen LogP contribution < -0.4 is 15.6 Å². The van der Waals surface area contributed by atoms with Gasteiger partial charge in [0.25, 0.3) is 11.5 Å². The fourth-order valence-electron chi connectivity index (χ4n) is 3.84. The standard InChI is InChI=1S/C22H25N3O4S/c1-13-18-21(24-17-6-4-3-5-11-25(17)22(18)28)30-19(13)20(27)23-12-16(26)14-7-9-15(29-2)10-8-14/h7-10,16,26H,3-6,11-12H2,1-2H3,(H,23,27). The molecule has 0 aliphatic carbocycles. The van der Waals surface area contributed by atoms with E-state index in [0.717, 1.165) is 31.5 Å². The molecule has 158 valence electrons. The van der Waals surface area contributed by atoms with Gasteiger partial charge in [0.15, 0.2) is 0 Å². The monoisotopic (exact) mass is 427 g/mol. The van der Waals surface area contributed by atoms with Crippen LogP contribution in [0.1, 0.15) is 52.0 Å². The summed E-state index contributed by atoms with van der Waals surface area (Å²) in [6.45, 7) is 2.55. The SMILES string of the molecule is COc1ccc(C(O)CNC(=O)c2sc3nc4n(c(=O)c3c2C)CCCCC4)cc1. The van der Waals surface area contributed by atoms with Gasteiger partial charge in [-0.15, -0.1) is 11.3 Å². The third-order valence-corrected chi connectivity index (χ3v) is 6.76. The smallest absolute Gasteiger partial charge is 0.262 e. The van der Waals surface area contributed by atoms with E-state index in [2.05, 4.69) is 5.32 Å². The Hall–Kier alpha value is -2.71. The topological polar surface area (TPSA) is 93.4 Å². The Bertz CT molecular complexity index is 1130. The van der Waals surface area contributed by atoms with Crippen LogP contribution in [0.5, 0.6) is 5.75 Å². The minimum absolute atomic E-state index is 0.0528. The van der Waals surface area contributed by atoms with E-state index < -0.39 is 6.10 Å². The van der Waals surface area contributed by atoms with Gasteiger partial charge < -0.3 is 15.2 Å². The number of aliphatic hydroxyl groups is 1. The van der Waals surface area contributed by atoms with Gasteiger partial charge in [0.1, 0.15) is 16.4 Å². The summed E-state index contributed by atoms with van der Waals surface area (Å²) in [4.78, 5) is 31.6. The predicted molar refractivity (Wildman–Crippen MR) is 116 cm³/mol. The third-order valence-electron chi connectivity index (χ3n) is 5.57. The first-order valence-corrected chi connectivity index (χ1v) is 10.9. The molecule has 4 rings (SSSR count). The Labute approximate surface area is 178 Å². The molecule has 8 heteroatoms. The number of carbonyl (C=O) groups is 1. The fraction of sp³-hybridized carbons (Fsp3) is 0.409. The van der Waals surface area contributed by atoms with E-state index in [9.17, 15) is 14.7 Å². The molecule has 2 aromatic heterocycles. The summed E-state index contributed by atoms with van der Waals surface area (Å²) in [7, 11) is 1.58. The summed E-state index contributed by atoms with van der Waals surface area (Å²) in [5.41, 5.74) is 1.29. The summed E-state index contributed by atoms with van der Waals surface area (Å²) in [5, 5.41) is 13.7. The van der Waals surface area contributed by atoms with Crippen molar-refractivity contribution in [2.75, 3.05) is 13.7 Å². The summed E-state index contributed by atoms with van der Waals surface area (Å²) >= 11 is 1.24. The quantitative estimate of drug-likeness (QED) is 0.653. The van der Waals surface area contributed by atoms with Crippen LogP contribution in [-0.4, -0.2) is 34.2 Å². The summed E-state index contributed by atoms with van der Waals surface area (Å²) < 4.78 is 6.89. The van der Waals surface area contributed by atoms with Crippen LogP contribution in [0.25, 0.3) is 10.2 Å². The van der Waals surface area contributed by atoms with Crippen LogP contribution in [0, 0.1) is 6.92 Å². The zero-order chi connectivity index (χ0) is 21.3. The number of hydrogen-bond donors (Lipinski definition) is 2. The molecule has 1 aliphatic rings. The molecule has 3 aromatic rings. The normalized spacial score (nSPS) is 14.8. The first kappa shape index (κ1) is 20.6. The number of rotatable bonds is 5. The van der Waals surface area contributed by atoms with Gasteiger partial charge in [-0.3, -0.25) is 14.2 Å². The summed E-state index contributed by atoms with van der Waals surface area (Å²) in [6.07, 6.45) is 3.05. The van der Waals surface area contributed by atoms with Gasteiger partial charge >= 0.3 is 0 Å². The Morgan fingerprint density at radius 3 is 2.80 bits per heavy atom. The average molecular weight is 428 g/mol. The number of aromatic nitrogens is 2. The maximum absolute atomic E-state index is 13.0. The second kappa shape index (κ2) is 8.57. The average Bonchev–Trinajstić information content (AvgIpc) is 2.93. The molecule has 1 amide bonds. The molecule has 0 saturated carbocycles. The highest BCUT2D eigenvalue weighted by molar-refractivity contribution is 7.20. The van der Waals surface area contributed by atoms with Crippen LogP contribution in [0.2, 0.25) is 0 Å². The molecule has 0 saturated heterocycles. The highest BCUT2D eigenvalue weighted by Crippen LogP contribution is 2.28. The molecule has 1 atom stereocenters. The minimum Gasteiger partial charge on any atom is -0.497 e. The molecule has 1 aromatic carbocycles. The number of aryl methyl sites for hydroxylation is 2. The van der Waals surface area contributed by atoms with Crippen LogP contribution in [-0.2, 0) is 13.0 Å². The lowest BCUT2D eigenvalue weighted by molar-refractivity contribution is 0.0920. The van der Waals surface area contributed by atoms with E-state index in [4.69, 9.17) is 9.72 Å². The van der Waals surface area contributed by atoms with Crippen molar-refractivity contribution in [3.05, 3.63) is 56.4 Å². The number of methoxy groups -OCH3 is 1. The van der Waals surface area contributed by atoms with E-state index in [0.29, 0.717) is 38.5 Å². The minimum atomic E-state index is -0.839. The van der Waals surface area contributed by atoms with Crippen LogP contribution >= 0.6 is 11.3 Å². The largest absolute Gasteiger partial charge is 0.497 e. The van der Waals surface area contributed by atoms with Crippen molar-refractivity contribution in [1.29, 1.82) is 0 Å². The van der Waals surface area contributed by atoms with E-state index in [1.54, 1.807) is 42.9 Å².